The lowest BCUT2D eigenvalue weighted by atomic mass is 9.86. The molecule has 1 amide bonds. The van der Waals surface area contributed by atoms with Gasteiger partial charge < -0.3 is 15.8 Å². The summed E-state index contributed by atoms with van der Waals surface area (Å²) in [7, 11) is 0. The zero-order valence-electron chi connectivity index (χ0n) is 14.5. The van der Waals surface area contributed by atoms with Gasteiger partial charge in [0.1, 0.15) is 0 Å². The molecular weight excluding hydrogens is 328 g/mol. The van der Waals surface area contributed by atoms with Crippen molar-refractivity contribution < 1.29 is 14.3 Å². The van der Waals surface area contributed by atoms with Gasteiger partial charge in [0.15, 0.2) is 5.78 Å². The van der Waals surface area contributed by atoms with Gasteiger partial charge in [0.05, 0.1) is 6.04 Å². The standard InChI is InChI=1S/C18H26N2O3.ClH/c1-18(2,3)16(21)13-4-6-14(7-5-13)20-17(22)15(19)12-8-10-23-11-9-12;/h4-7,12,15H,8-11,19H2,1-3H3,(H,20,22);1H. The third kappa shape index (κ3) is 5.30. The van der Waals surface area contributed by atoms with E-state index in [0.717, 1.165) is 12.8 Å². The van der Waals surface area contributed by atoms with Crippen LogP contribution in [-0.2, 0) is 9.53 Å². The Morgan fingerprint density at radius 1 is 1.17 bits per heavy atom. The molecule has 0 spiro atoms. The molecule has 0 saturated carbocycles. The number of halogens is 1. The van der Waals surface area contributed by atoms with Gasteiger partial charge in [-0.2, -0.15) is 0 Å². The first-order chi connectivity index (χ1) is 10.8. The van der Waals surface area contributed by atoms with Gasteiger partial charge >= 0.3 is 0 Å². The number of ether oxygens (including phenoxy) is 1. The van der Waals surface area contributed by atoms with E-state index >= 15 is 0 Å². The second-order valence-electron chi connectivity index (χ2n) is 7.12. The van der Waals surface area contributed by atoms with Crippen LogP contribution < -0.4 is 11.1 Å². The number of hydrogen-bond acceptors (Lipinski definition) is 4. The van der Waals surface area contributed by atoms with Gasteiger partial charge in [-0.3, -0.25) is 9.59 Å². The van der Waals surface area contributed by atoms with Crippen LogP contribution in [0.4, 0.5) is 5.69 Å². The molecule has 1 fully saturated rings. The summed E-state index contributed by atoms with van der Waals surface area (Å²) in [6.07, 6.45) is 1.63. The fourth-order valence-electron chi connectivity index (χ4n) is 2.65. The van der Waals surface area contributed by atoms with Gasteiger partial charge in [-0.25, -0.2) is 0 Å². The first-order valence-corrected chi connectivity index (χ1v) is 8.08. The number of ketones is 1. The highest BCUT2D eigenvalue weighted by Crippen LogP contribution is 2.22. The first kappa shape index (κ1) is 20.6. The summed E-state index contributed by atoms with van der Waals surface area (Å²) in [5.41, 5.74) is 6.93. The molecule has 134 valence electrons. The Labute approximate surface area is 149 Å². The number of carbonyl (C=O) groups is 2. The fraction of sp³-hybridized carbons (Fsp3) is 0.556. The maximum absolute atomic E-state index is 12.2. The summed E-state index contributed by atoms with van der Waals surface area (Å²) in [5.74, 6) is 0.0478. The molecule has 1 aromatic rings. The number of amides is 1. The van der Waals surface area contributed by atoms with Crippen molar-refractivity contribution in [2.24, 2.45) is 17.1 Å². The molecule has 1 unspecified atom stereocenters. The molecule has 2 rings (SSSR count). The molecule has 0 radical (unpaired) electrons. The van der Waals surface area contributed by atoms with Crippen LogP contribution in [0.1, 0.15) is 44.0 Å². The molecule has 1 atom stereocenters. The fourth-order valence-corrected chi connectivity index (χ4v) is 2.65. The lowest BCUT2D eigenvalue weighted by molar-refractivity contribution is -0.119. The maximum Gasteiger partial charge on any atom is 0.241 e. The zero-order chi connectivity index (χ0) is 17.0. The molecule has 3 N–H and O–H groups in total. The molecule has 0 aromatic heterocycles. The highest BCUT2D eigenvalue weighted by molar-refractivity contribution is 6.00. The van der Waals surface area contributed by atoms with Crippen molar-refractivity contribution in [3.63, 3.8) is 0 Å². The van der Waals surface area contributed by atoms with Crippen molar-refractivity contribution in [2.45, 2.75) is 39.7 Å². The van der Waals surface area contributed by atoms with E-state index in [-0.39, 0.29) is 30.0 Å². The van der Waals surface area contributed by atoms with E-state index in [1.807, 2.05) is 20.8 Å². The minimum Gasteiger partial charge on any atom is -0.381 e. The smallest absolute Gasteiger partial charge is 0.241 e. The number of rotatable bonds is 4. The van der Waals surface area contributed by atoms with Crippen LogP contribution in [-0.4, -0.2) is 30.9 Å². The van der Waals surface area contributed by atoms with Gasteiger partial charge in [0.2, 0.25) is 5.91 Å². The molecule has 1 aliphatic heterocycles. The number of nitrogens with one attached hydrogen (secondary N) is 1. The van der Waals surface area contributed by atoms with E-state index in [4.69, 9.17) is 10.5 Å². The summed E-state index contributed by atoms with van der Waals surface area (Å²) in [6.45, 7) is 6.98. The predicted molar refractivity (Wildman–Crippen MR) is 97.6 cm³/mol. The van der Waals surface area contributed by atoms with Gasteiger partial charge in [0.25, 0.3) is 0 Å². The SMILES string of the molecule is CC(C)(C)C(=O)c1ccc(NC(=O)C(N)C2CCOCC2)cc1.Cl. The van der Waals surface area contributed by atoms with Crippen LogP contribution in [0.5, 0.6) is 0 Å². The Balaban J connectivity index is 0.00000288. The van der Waals surface area contributed by atoms with Crippen LogP contribution in [0.2, 0.25) is 0 Å². The topological polar surface area (TPSA) is 81.4 Å². The van der Waals surface area contributed by atoms with Gasteiger partial charge in [-0.05, 0) is 43.0 Å². The van der Waals surface area contributed by atoms with Gasteiger partial charge in [0, 0.05) is 29.9 Å². The maximum atomic E-state index is 12.2. The Morgan fingerprint density at radius 3 is 2.21 bits per heavy atom. The second-order valence-corrected chi connectivity index (χ2v) is 7.12. The minimum atomic E-state index is -0.533. The Hall–Kier alpha value is -1.43. The van der Waals surface area contributed by atoms with Crippen LogP contribution in [0.25, 0.3) is 0 Å². The van der Waals surface area contributed by atoms with Crippen molar-refractivity contribution in [1.82, 2.24) is 0 Å². The van der Waals surface area contributed by atoms with Crippen LogP contribution in [0.3, 0.4) is 0 Å². The van der Waals surface area contributed by atoms with Crippen LogP contribution in [0.15, 0.2) is 24.3 Å². The normalized spacial score (nSPS) is 16.8. The third-order valence-electron chi connectivity index (χ3n) is 4.17. The molecule has 6 heteroatoms. The number of anilines is 1. The Morgan fingerprint density at radius 2 is 1.71 bits per heavy atom. The summed E-state index contributed by atoms with van der Waals surface area (Å²) < 4.78 is 5.29. The third-order valence-corrected chi connectivity index (χ3v) is 4.17. The minimum absolute atomic E-state index is 0. The Bertz CT molecular complexity index is 561. The summed E-state index contributed by atoms with van der Waals surface area (Å²) in [6, 6.07) is 6.43. The van der Waals surface area contributed by atoms with Crippen molar-refractivity contribution in [1.29, 1.82) is 0 Å². The average Bonchev–Trinajstić information content (AvgIpc) is 2.54. The second kappa shape index (κ2) is 8.60. The van der Waals surface area contributed by atoms with Gasteiger partial charge in [-0.15, -0.1) is 12.4 Å². The Kier molecular flexibility index (Phi) is 7.39. The van der Waals surface area contributed by atoms with E-state index in [1.165, 1.54) is 0 Å². The predicted octanol–water partition coefficient (Wildman–Crippen LogP) is 3.03. The molecule has 5 nitrogen and oxygen atoms in total. The van der Waals surface area contributed by atoms with Crippen LogP contribution >= 0.6 is 12.4 Å². The summed E-state index contributed by atoms with van der Waals surface area (Å²) in [5, 5.41) is 2.83. The lowest BCUT2D eigenvalue weighted by Crippen LogP contribution is -2.44. The molecule has 1 saturated heterocycles. The largest absolute Gasteiger partial charge is 0.381 e. The van der Waals surface area contributed by atoms with Crippen molar-refractivity contribution in [3.8, 4) is 0 Å². The van der Waals surface area contributed by atoms with E-state index in [0.29, 0.717) is 24.5 Å². The molecule has 24 heavy (non-hydrogen) atoms. The van der Waals surface area contributed by atoms with Crippen LogP contribution in [0, 0.1) is 11.3 Å². The first-order valence-electron chi connectivity index (χ1n) is 8.08. The van der Waals surface area contributed by atoms with E-state index in [9.17, 15) is 9.59 Å². The van der Waals surface area contributed by atoms with Crippen molar-refractivity contribution in [3.05, 3.63) is 29.8 Å². The lowest BCUT2D eigenvalue weighted by Gasteiger charge is -2.26. The zero-order valence-corrected chi connectivity index (χ0v) is 15.3. The quantitative estimate of drug-likeness (QED) is 0.814. The van der Waals surface area contributed by atoms with Crippen molar-refractivity contribution >= 4 is 29.8 Å². The van der Waals surface area contributed by atoms with E-state index in [2.05, 4.69) is 5.32 Å². The molecular formula is C18H27ClN2O3. The highest BCUT2D eigenvalue weighted by Gasteiger charge is 2.27. The molecule has 1 heterocycles. The van der Waals surface area contributed by atoms with E-state index in [1.54, 1.807) is 24.3 Å². The monoisotopic (exact) mass is 354 g/mol. The summed E-state index contributed by atoms with van der Waals surface area (Å²) in [4.78, 5) is 24.4. The molecule has 1 aromatic carbocycles. The number of benzene rings is 1. The van der Waals surface area contributed by atoms with Crippen molar-refractivity contribution in [2.75, 3.05) is 18.5 Å². The molecule has 0 aliphatic carbocycles. The average molecular weight is 355 g/mol. The number of carbonyl (C=O) groups excluding carboxylic acids is 2. The van der Waals surface area contributed by atoms with Gasteiger partial charge in [-0.1, -0.05) is 20.8 Å². The molecule has 1 aliphatic rings. The summed E-state index contributed by atoms with van der Waals surface area (Å²) >= 11 is 0. The number of nitrogens with two attached hydrogens (primary N) is 1. The molecule has 0 bridgehead atoms. The highest BCUT2D eigenvalue weighted by atomic mass is 35.5. The number of Topliss-reactive ketones (excluding diaryl/α,β-unsaturated/α-hetero) is 1. The number of hydrogen-bond donors (Lipinski definition) is 2. The van der Waals surface area contributed by atoms with E-state index < -0.39 is 11.5 Å².